The van der Waals surface area contributed by atoms with Crippen molar-refractivity contribution in [1.29, 1.82) is 0 Å². The fourth-order valence-electron chi connectivity index (χ4n) is 1.51. The van der Waals surface area contributed by atoms with Gasteiger partial charge in [0.2, 0.25) is 5.91 Å². The highest BCUT2D eigenvalue weighted by atomic mass is 32.2. The number of amides is 1. The van der Waals surface area contributed by atoms with Gasteiger partial charge < -0.3 is 14.8 Å². The number of hydrogen-bond donors (Lipinski definition) is 1. The smallest absolute Gasteiger partial charge is 0.233 e. The molecule has 1 amide bonds. The lowest BCUT2D eigenvalue weighted by atomic mass is 10.2. The zero-order valence-electron chi connectivity index (χ0n) is 9.32. The molecule has 1 saturated heterocycles. The average Bonchev–Trinajstić information content (AvgIpc) is 2.31. The van der Waals surface area contributed by atoms with Crippen molar-refractivity contribution in [2.45, 2.75) is 30.8 Å². The normalized spacial score (nSPS) is 21.7. The highest BCUT2D eigenvalue weighted by molar-refractivity contribution is 8.00. The number of hydrogen-bond acceptors (Lipinski definition) is 4. The quantitative estimate of drug-likeness (QED) is 0.720. The molecule has 0 spiro atoms. The minimum atomic E-state index is -0.345. The van der Waals surface area contributed by atoms with E-state index >= 15 is 0 Å². The van der Waals surface area contributed by atoms with E-state index in [1.807, 2.05) is 0 Å². The molecule has 1 aliphatic heterocycles. The van der Waals surface area contributed by atoms with Crippen LogP contribution in [0.5, 0.6) is 0 Å². The van der Waals surface area contributed by atoms with Gasteiger partial charge in [-0.05, 0) is 18.6 Å². The minimum Gasteiger partial charge on any atom is -0.354 e. The Morgan fingerprint density at radius 3 is 2.73 bits per heavy atom. The fraction of sp³-hybridized carbons (Fsp3) is 0.900. The molecule has 15 heavy (non-hydrogen) atoms. The molecular weight excluding hydrogens is 214 g/mol. The molecule has 4 nitrogen and oxygen atoms in total. The second kappa shape index (κ2) is 7.09. The maximum absolute atomic E-state index is 11.7. The first-order valence-corrected chi connectivity index (χ1v) is 6.27. The van der Waals surface area contributed by atoms with E-state index in [4.69, 9.17) is 9.47 Å². The molecule has 5 heteroatoms. The molecule has 0 aromatic carbocycles. The summed E-state index contributed by atoms with van der Waals surface area (Å²) in [4.78, 5) is 11.7. The van der Waals surface area contributed by atoms with E-state index in [0.717, 1.165) is 18.6 Å². The van der Waals surface area contributed by atoms with Crippen molar-refractivity contribution in [1.82, 2.24) is 5.32 Å². The fourth-order valence-corrected chi connectivity index (χ4v) is 2.73. The summed E-state index contributed by atoms with van der Waals surface area (Å²) < 4.78 is 9.99. The largest absolute Gasteiger partial charge is 0.354 e. The summed E-state index contributed by atoms with van der Waals surface area (Å²) in [5.41, 5.74) is 0. The molecule has 1 heterocycles. The first-order chi connectivity index (χ1) is 7.27. The second-order valence-corrected chi connectivity index (χ2v) is 4.81. The molecule has 88 valence electrons. The van der Waals surface area contributed by atoms with Gasteiger partial charge in [0.25, 0.3) is 0 Å². The lowest BCUT2D eigenvalue weighted by molar-refractivity contribution is -0.127. The lowest BCUT2D eigenvalue weighted by Gasteiger charge is -2.21. The number of carbonyl (C=O) groups is 1. The Morgan fingerprint density at radius 1 is 1.47 bits per heavy atom. The molecule has 1 N–H and O–H groups in total. The Balaban J connectivity index is 2.22. The summed E-state index contributed by atoms with van der Waals surface area (Å²) in [6.07, 6.45) is 3.03. The number of thioether (sulfide) groups is 1. The van der Waals surface area contributed by atoms with Crippen molar-refractivity contribution in [3.8, 4) is 0 Å². The van der Waals surface area contributed by atoms with Gasteiger partial charge in [-0.15, -0.1) is 11.8 Å². The van der Waals surface area contributed by atoms with Gasteiger partial charge in [0.1, 0.15) is 0 Å². The summed E-state index contributed by atoms with van der Waals surface area (Å²) in [7, 11) is 3.13. The van der Waals surface area contributed by atoms with Crippen LogP contribution in [0.4, 0.5) is 0 Å². The van der Waals surface area contributed by atoms with Crippen LogP contribution < -0.4 is 5.32 Å². The van der Waals surface area contributed by atoms with Crippen LogP contribution in [0.15, 0.2) is 0 Å². The predicted molar refractivity (Wildman–Crippen MR) is 60.9 cm³/mol. The van der Waals surface area contributed by atoms with Crippen LogP contribution >= 0.6 is 11.8 Å². The highest BCUT2D eigenvalue weighted by Crippen LogP contribution is 2.24. The second-order valence-electron chi connectivity index (χ2n) is 3.50. The average molecular weight is 233 g/mol. The molecule has 1 unspecified atom stereocenters. The van der Waals surface area contributed by atoms with Crippen LogP contribution in [0.2, 0.25) is 0 Å². The third kappa shape index (κ3) is 4.40. The number of rotatable bonds is 5. The summed E-state index contributed by atoms with van der Waals surface area (Å²) in [6, 6.07) is 0. The van der Waals surface area contributed by atoms with E-state index in [9.17, 15) is 4.79 Å². The molecule has 0 radical (unpaired) electrons. The van der Waals surface area contributed by atoms with E-state index in [1.54, 1.807) is 26.0 Å². The molecule has 1 atom stereocenters. The van der Waals surface area contributed by atoms with Gasteiger partial charge in [-0.3, -0.25) is 4.79 Å². The standard InChI is InChI=1S/C10H19NO3S/c1-13-9(14-2)7-11-10(12)8-5-3-4-6-15-8/h8-9H,3-7H2,1-2H3,(H,11,12). The van der Waals surface area contributed by atoms with Crippen LogP contribution in [0.25, 0.3) is 0 Å². The summed E-state index contributed by atoms with van der Waals surface area (Å²) in [5, 5.41) is 2.96. The van der Waals surface area contributed by atoms with Crippen molar-refractivity contribution in [2.75, 3.05) is 26.5 Å². The zero-order valence-corrected chi connectivity index (χ0v) is 10.1. The van der Waals surface area contributed by atoms with Crippen LogP contribution in [0.1, 0.15) is 19.3 Å². The van der Waals surface area contributed by atoms with E-state index in [0.29, 0.717) is 6.54 Å². The third-order valence-electron chi connectivity index (χ3n) is 2.44. The van der Waals surface area contributed by atoms with E-state index in [-0.39, 0.29) is 17.4 Å². The Kier molecular flexibility index (Phi) is 6.05. The SMILES string of the molecule is COC(CNC(=O)C1CCCCS1)OC. The third-order valence-corrected chi connectivity index (χ3v) is 3.82. The van der Waals surface area contributed by atoms with Crippen LogP contribution in [0, 0.1) is 0 Å². The maximum Gasteiger partial charge on any atom is 0.233 e. The Morgan fingerprint density at radius 2 is 2.20 bits per heavy atom. The predicted octanol–water partition coefficient (Wildman–Crippen LogP) is 1.01. The van der Waals surface area contributed by atoms with Gasteiger partial charge in [-0.2, -0.15) is 0 Å². The molecule has 1 rings (SSSR count). The first kappa shape index (κ1) is 12.8. The molecule has 0 aromatic heterocycles. The number of ether oxygens (including phenoxy) is 2. The van der Waals surface area contributed by atoms with Gasteiger partial charge >= 0.3 is 0 Å². The Labute approximate surface area is 95.1 Å². The van der Waals surface area contributed by atoms with Crippen molar-refractivity contribution >= 4 is 17.7 Å². The molecular formula is C10H19NO3S. The molecule has 0 bridgehead atoms. The molecule has 1 aliphatic rings. The highest BCUT2D eigenvalue weighted by Gasteiger charge is 2.22. The number of methoxy groups -OCH3 is 2. The Hall–Kier alpha value is -0.260. The van der Waals surface area contributed by atoms with Crippen LogP contribution in [-0.2, 0) is 14.3 Å². The summed E-state index contributed by atoms with van der Waals surface area (Å²) in [5.74, 6) is 1.20. The van der Waals surface area contributed by atoms with Crippen molar-refractivity contribution < 1.29 is 14.3 Å². The first-order valence-electron chi connectivity index (χ1n) is 5.23. The molecule has 0 saturated carbocycles. The van der Waals surface area contributed by atoms with Crippen molar-refractivity contribution in [2.24, 2.45) is 0 Å². The zero-order chi connectivity index (χ0) is 11.1. The maximum atomic E-state index is 11.7. The molecule has 0 aromatic rings. The van der Waals surface area contributed by atoms with Crippen LogP contribution in [-0.4, -0.2) is 44.0 Å². The lowest BCUT2D eigenvalue weighted by Crippen LogP contribution is -2.39. The summed E-state index contributed by atoms with van der Waals surface area (Å²) >= 11 is 1.74. The number of carbonyl (C=O) groups excluding carboxylic acids is 1. The van der Waals surface area contributed by atoms with Crippen molar-refractivity contribution in [3.05, 3.63) is 0 Å². The van der Waals surface area contributed by atoms with Gasteiger partial charge in [-0.25, -0.2) is 0 Å². The topological polar surface area (TPSA) is 47.6 Å². The Bertz CT molecular complexity index is 191. The van der Waals surface area contributed by atoms with Crippen molar-refractivity contribution in [3.63, 3.8) is 0 Å². The minimum absolute atomic E-state index is 0.110. The molecule has 0 aliphatic carbocycles. The van der Waals surface area contributed by atoms with Crippen LogP contribution in [0.3, 0.4) is 0 Å². The van der Waals surface area contributed by atoms with E-state index in [1.165, 1.54) is 6.42 Å². The van der Waals surface area contributed by atoms with Gasteiger partial charge in [0.05, 0.1) is 11.8 Å². The summed E-state index contributed by atoms with van der Waals surface area (Å²) in [6.45, 7) is 0.420. The van der Waals surface area contributed by atoms with E-state index < -0.39 is 0 Å². The number of nitrogens with one attached hydrogen (secondary N) is 1. The molecule has 1 fully saturated rings. The van der Waals surface area contributed by atoms with Gasteiger partial charge in [0.15, 0.2) is 6.29 Å². The van der Waals surface area contributed by atoms with Gasteiger partial charge in [0, 0.05) is 14.2 Å². The van der Waals surface area contributed by atoms with Gasteiger partial charge in [-0.1, -0.05) is 6.42 Å². The monoisotopic (exact) mass is 233 g/mol. The van der Waals surface area contributed by atoms with E-state index in [2.05, 4.69) is 5.32 Å².